The molecule has 1 fully saturated rings. The first-order chi connectivity index (χ1) is 15.4. The van der Waals surface area contributed by atoms with Crippen LogP contribution in [0.1, 0.15) is 37.7 Å². The molecule has 1 atom stereocenters. The van der Waals surface area contributed by atoms with E-state index in [1.54, 1.807) is 42.1 Å². The van der Waals surface area contributed by atoms with Crippen LogP contribution in [0.4, 0.5) is 11.4 Å². The summed E-state index contributed by atoms with van der Waals surface area (Å²) in [5.74, 6) is 1.11. The average molecular weight is 512 g/mol. The number of carbonyl (C=O) groups is 2. The van der Waals surface area contributed by atoms with Gasteiger partial charge < -0.3 is 4.90 Å². The summed E-state index contributed by atoms with van der Waals surface area (Å²) in [6.07, 6.45) is 4.77. The maximum atomic E-state index is 13.5. The van der Waals surface area contributed by atoms with Crippen LogP contribution in [0.5, 0.6) is 0 Å². The van der Waals surface area contributed by atoms with Crippen molar-refractivity contribution in [2.75, 3.05) is 24.7 Å². The summed E-state index contributed by atoms with van der Waals surface area (Å²) in [5.41, 5.74) is 1.87. The Kier molecular flexibility index (Phi) is 9.65. The van der Waals surface area contributed by atoms with Crippen LogP contribution < -0.4 is 4.90 Å². The van der Waals surface area contributed by atoms with Crippen LogP contribution in [0.25, 0.3) is 0 Å². The highest BCUT2D eigenvalue weighted by Crippen LogP contribution is 2.41. The van der Waals surface area contributed by atoms with E-state index in [0.717, 1.165) is 24.8 Å². The minimum Gasteiger partial charge on any atom is -0.349 e. The fraction of sp³-hybridized carbons (Fsp3) is 0.417. The van der Waals surface area contributed by atoms with Gasteiger partial charge in [0.25, 0.3) is 0 Å². The normalized spacial score (nSPS) is 15.6. The number of amides is 2. The number of nitrogens with zero attached hydrogens (tertiary/aromatic N) is 2. The fourth-order valence-electron chi connectivity index (χ4n) is 3.61. The lowest BCUT2D eigenvalue weighted by molar-refractivity contribution is -0.128. The summed E-state index contributed by atoms with van der Waals surface area (Å²) in [5, 5.41) is 1.50. The van der Waals surface area contributed by atoms with E-state index in [0.29, 0.717) is 33.1 Å². The minimum absolute atomic E-state index is 0.0398. The van der Waals surface area contributed by atoms with Gasteiger partial charge in [0.1, 0.15) is 0 Å². The molecule has 0 unspecified atom stereocenters. The molecule has 4 nitrogen and oxygen atoms in total. The van der Waals surface area contributed by atoms with E-state index < -0.39 is 0 Å². The van der Waals surface area contributed by atoms with Crippen molar-refractivity contribution in [2.45, 2.75) is 43.8 Å². The summed E-state index contributed by atoms with van der Waals surface area (Å²) in [4.78, 5) is 29.1. The van der Waals surface area contributed by atoms with E-state index >= 15 is 0 Å². The van der Waals surface area contributed by atoms with Crippen LogP contribution in [0.3, 0.4) is 0 Å². The van der Waals surface area contributed by atoms with Gasteiger partial charge in [-0.3, -0.25) is 14.5 Å². The van der Waals surface area contributed by atoms with Gasteiger partial charge in [-0.05, 0) is 43.0 Å². The Labute approximate surface area is 208 Å². The van der Waals surface area contributed by atoms with E-state index in [9.17, 15) is 9.59 Å². The lowest BCUT2D eigenvalue weighted by atomic mass is 10.1. The summed E-state index contributed by atoms with van der Waals surface area (Å²) >= 11 is 13.0. The maximum absolute atomic E-state index is 13.5. The summed E-state index contributed by atoms with van der Waals surface area (Å²) in [6, 6.07) is 12.7. The number of para-hydroxylation sites is 2. The summed E-state index contributed by atoms with van der Waals surface area (Å²) < 4.78 is 0. The largest absolute Gasteiger partial charge is 0.349 e. The molecule has 8 heteroatoms. The van der Waals surface area contributed by atoms with Crippen molar-refractivity contribution in [3.8, 4) is 0 Å². The van der Waals surface area contributed by atoms with Gasteiger partial charge in [0.2, 0.25) is 11.8 Å². The third-order valence-electron chi connectivity index (χ3n) is 5.38. The number of hydrogen-bond donors (Lipinski definition) is 0. The van der Waals surface area contributed by atoms with Crippen molar-refractivity contribution in [1.29, 1.82) is 0 Å². The zero-order valence-corrected chi connectivity index (χ0v) is 21.5. The van der Waals surface area contributed by atoms with E-state index in [4.69, 9.17) is 23.2 Å². The number of halogens is 2. The molecule has 1 aliphatic rings. The van der Waals surface area contributed by atoms with Crippen molar-refractivity contribution in [2.24, 2.45) is 0 Å². The van der Waals surface area contributed by atoms with Crippen LogP contribution in [0.2, 0.25) is 10.0 Å². The van der Waals surface area contributed by atoms with Crippen molar-refractivity contribution in [1.82, 2.24) is 4.90 Å². The van der Waals surface area contributed by atoms with E-state index in [1.807, 2.05) is 45.9 Å². The third-order valence-corrected chi connectivity index (χ3v) is 8.99. The SMILES string of the molecule is CN(C)C(=O)Cc1ccccc1N(C(=O)CCCC[C@@H]1CCSS1)c1c(Cl)cccc1Cl. The maximum Gasteiger partial charge on any atom is 0.231 e. The fourth-order valence-corrected chi connectivity index (χ4v) is 7.20. The second-order valence-corrected chi connectivity index (χ2v) is 11.6. The summed E-state index contributed by atoms with van der Waals surface area (Å²) in [6.45, 7) is 0. The standard InChI is InChI=1S/C24H28Cl2N2O2S2/c1-27(2)23(30)16-17-8-3-5-12-21(17)28(24-19(25)10-7-11-20(24)26)22(29)13-6-4-9-18-14-15-31-32-18/h3,5,7-8,10-12,18H,4,6,9,13-16H2,1-2H3/t18-/m1/s1. The molecule has 0 bridgehead atoms. The molecule has 0 saturated carbocycles. The molecule has 3 rings (SSSR count). The Morgan fingerprint density at radius 2 is 1.72 bits per heavy atom. The van der Waals surface area contributed by atoms with Gasteiger partial charge in [0.15, 0.2) is 0 Å². The Hall–Kier alpha value is -1.34. The van der Waals surface area contributed by atoms with E-state index in [2.05, 4.69) is 0 Å². The van der Waals surface area contributed by atoms with Gasteiger partial charge >= 0.3 is 0 Å². The topological polar surface area (TPSA) is 40.6 Å². The van der Waals surface area contributed by atoms with Gasteiger partial charge in [0.05, 0.1) is 27.8 Å². The molecular formula is C24H28Cl2N2O2S2. The predicted octanol–water partition coefficient (Wildman–Crippen LogP) is 7.00. The first kappa shape index (κ1) is 25.3. The molecule has 2 aromatic rings. The molecule has 2 amide bonds. The lowest BCUT2D eigenvalue weighted by Gasteiger charge is -2.27. The van der Waals surface area contributed by atoms with Crippen LogP contribution >= 0.6 is 44.8 Å². The molecule has 0 aliphatic carbocycles. The molecule has 2 aromatic carbocycles. The average Bonchev–Trinajstić information content (AvgIpc) is 3.28. The highest BCUT2D eigenvalue weighted by molar-refractivity contribution is 8.77. The van der Waals surface area contributed by atoms with Crippen LogP contribution in [0.15, 0.2) is 42.5 Å². The Morgan fingerprint density at radius 3 is 2.38 bits per heavy atom. The Morgan fingerprint density at radius 1 is 1.00 bits per heavy atom. The molecular weight excluding hydrogens is 483 g/mol. The van der Waals surface area contributed by atoms with Gasteiger partial charge in [0, 0.05) is 31.5 Å². The molecule has 1 saturated heterocycles. The van der Waals surface area contributed by atoms with Gasteiger partial charge in [-0.1, -0.05) is 75.5 Å². The molecule has 0 aromatic heterocycles. The zero-order chi connectivity index (χ0) is 23.1. The molecule has 32 heavy (non-hydrogen) atoms. The molecule has 1 heterocycles. The second kappa shape index (κ2) is 12.2. The molecule has 0 radical (unpaired) electrons. The second-order valence-electron chi connectivity index (χ2n) is 7.97. The highest BCUT2D eigenvalue weighted by atomic mass is 35.5. The monoisotopic (exact) mass is 510 g/mol. The first-order valence-electron chi connectivity index (χ1n) is 10.7. The minimum atomic E-state index is -0.0711. The van der Waals surface area contributed by atoms with Crippen molar-refractivity contribution < 1.29 is 9.59 Å². The van der Waals surface area contributed by atoms with E-state index in [-0.39, 0.29) is 18.2 Å². The van der Waals surface area contributed by atoms with Crippen LogP contribution in [-0.2, 0) is 16.0 Å². The lowest BCUT2D eigenvalue weighted by Crippen LogP contribution is -2.29. The quantitative estimate of drug-likeness (QED) is 0.268. The van der Waals surface area contributed by atoms with Gasteiger partial charge in [-0.2, -0.15) is 0 Å². The van der Waals surface area contributed by atoms with Crippen LogP contribution in [-0.4, -0.2) is 41.8 Å². The molecule has 172 valence electrons. The number of carbonyl (C=O) groups excluding carboxylic acids is 2. The van der Waals surface area contributed by atoms with Crippen molar-refractivity contribution >= 4 is 68.0 Å². The number of unbranched alkanes of at least 4 members (excludes halogenated alkanes) is 1. The zero-order valence-electron chi connectivity index (χ0n) is 18.4. The number of hydrogen-bond acceptors (Lipinski definition) is 4. The Bertz CT molecular complexity index is 929. The van der Waals surface area contributed by atoms with Gasteiger partial charge in [-0.15, -0.1) is 0 Å². The van der Waals surface area contributed by atoms with E-state index in [1.165, 1.54) is 12.2 Å². The van der Waals surface area contributed by atoms with Crippen molar-refractivity contribution in [3.05, 3.63) is 58.1 Å². The number of benzene rings is 2. The third kappa shape index (κ3) is 6.60. The van der Waals surface area contributed by atoms with Crippen molar-refractivity contribution in [3.63, 3.8) is 0 Å². The smallest absolute Gasteiger partial charge is 0.231 e. The predicted molar refractivity (Wildman–Crippen MR) is 139 cm³/mol. The highest BCUT2D eigenvalue weighted by Gasteiger charge is 2.26. The number of anilines is 2. The van der Waals surface area contributed by atoms with Crippen LogP contribution in [0, 0.1) is 0 Å². The number of likely N-dealkylation sites (N-methyl/N-ethyl adjacent to an activating group) is 1. The molecule has 0 spiro atoms. The molecule has 0 N–H and O–H groups in total. The molecule has 1 aliphatic heterocycles. The summed E-state index contributed by atoms with van der Waals surface area (Å²) in [7, 11) is 7.35. The Balaban J connectivity index is 1.87. The first-order valence-corrected chi connectivity index (χ1v) is 13.9. The van der Waals surface area contributed by atoms with Gasteiger partial charge in [-0.25, -0.2) is 0 Å². The number of rotatable bonds is 9.